The van der Waals surface area contributed by atoms with Gasteiger partial charge in [-0.15, -0.1) is 0 Å². The van der Waals surface area contributed by atoms with Crippen molar-refractivity contribution in [3.8, 4) is 5.75 Å². The third kappa shape index (κ3) is 3.69. The number of pyridine rings is 1. The molecule has 1 N–H and O–H groups in total. The monoisotopic (exact) mass is 521 g/mol. The molecule has 2 aromatic carbocycles. The van der Waals surface area contributed by atoms with Crippen LogP contribution in [0, 0.1) is 5.92 Å². The van der Waals surface area contributed by atoms with Gasteiger partial charge in [-0.2, -0.15) is 0 Å². The van der Waals surface area contributed by atoms with Gasteiger partial charge in [-0.1, -0.05) is 66.2 Å². The van der Waals surface area contributed by atoms with Crippen molar-refractivity contribution in [3.63, 3.8) is 0 Å². The summed E-state index contributed by atoms with van der Waals surface area (Å²) in [5.41, 5.74) is 3.70. The first-order chi connectivity index (χ1) is 16.0. The number of rotatable bonds is 6. The lowest BCUT2D eigenvalue weighted by Crippen LogP contribution is -2.29. The van der Waals surface area contributed by atoms with E-state index in [4.69, 9.17) is 0 Å². The number of nitrogens with zero attached hydrogens (tertiary/aromatic N) is 1. The number of halogens is 1. The molecule has 3 aromatic rings. The normalized spacial score (nSPS) is 18.4. The Morgan fingerprint density at radius 2 is 1.71 bits per heavy atom. The molecule has 4 rings (SSSR count). The number of aromatic nitrogens is 1. The fourth-order valence-electron chi connectivity index (χ4n) is 5.09. The van der Waals surface area contributed by atoms with Crippen LogP contribution in [0.1, 0.15) is 104 Å². The minimum absolute atomic E-state index is 0.0916. The van der Waals surface area contributed by atoms with Gasteiger partial charge in [0.1, 0.15) is 11.6 Å². The van der Waals surface area contributed by atoms with E-state index in [0.29, 0.717) is 33.0 Å². The summed E-state index contributed by atoms with van der Waals surface area (Å²) in [7, 11) is 0. The zero-order valence-corrected chi connectivity index (χ0v) is 22.3. The second kappa shape index (κ2) is 8.92. The van der Waals surface area contributed by atoms with Crippen molar-refractivity contribution in [1.29, 1.82) is 0 Å². The van der Waals surface area contributed by atoms with Crippen LogP contribution >= 0.6 is 15.9 Å². The maximum Gasteiger partial charge on any atom is 0.180 e. The number of Topliss-reactive ketones (excluding diaryl/α,β-unsaturated/α-hetero) is 2. The number of carbonyl (C=O) groups is 2. The van der Waals surface area contributed by atoms with Crippen LogP contribution in [-0.2, 0) is 5.41 Å². The van der Waals surface area contributed by atoms with Crippen LogP contribution in [-0.4, -0.2) is 21.7 Å². The largest absolute Gasteiger partial charge is 0.505 e. The molecule has 0 fully saturated rings. The number of hydrogen-bond acceptors (Lipinski definition) is 4. The maximum atomic E-state index is 13.6. The van der Waals surface area contributed by atoms with E-state index in [1.165, 1.54) is 0 Å². The smallest absolute Gasteiger partial charge is 0.180 e. The molecule has 0 amide bonds. The van der Waals surface area contributed by atoms with Gasteiger partial charge in [0.25, 0.3) is 0 Å². The highest BCUT2D eigenvalue weighted by atomic mass is 79.9. The molecule has 0 aliphatic heterocycles. The Hall–Kier alpha value is -2.53. The second-order valence-electron chi connectivity index (χ2n) is 10.1. The molecule has 1 heterocycles. The summed E-state index contributed by atoms with van der Waals surface area (Å²) >= 11 is 3.50. The van der Waals surface area contributed by atoms with Crippen molar-refractivity contribution in [2.45, 2.75) is 71.6 Å². The molecule has 0 saturated carbocycles. The zero-order valence-electron chi connectivity index (χ0n) is 20.7. The van der Waals surface area contributed by atoms with Crippen molar-refractivity contribution in [2.24, 2.45) is 5.92 Å². The molecule has 5 heteroatoms. The van der Waals surface area contributed by atoms with Crippen LogP contribution < -0.4 is 0 Å². The average Bonchev–Trinajstić information content (AvgIpc) is 3.09. The van der Waals surface area contributed by atoms with E-state index in [0.717, 1.165) is 29.4 Å². The summed E-state index contributed by atoms with van der Waals surface area (Å²) in [6.45, 7) is 13.0. The molecule has 1 aliphatic rings. The highest BCUT2D eigenvalue weighted by Crippen LogP contribution is 2.44. The molecule has 3 atom stereocenters. The van der Waals surface area contributed by atoms with Gasteiger partial charge in [0.15, 0.2) is 17.3 Å². The number of aromatic hydroxyl groups is 1. The minimum Gasteiger partial charge on any atom is -0.505 e. The number of ketones is 2. The van der Waals surface area contributed by atoms with E-state index in [-0.39, 0.29) is 28.4 Å². The fraction of sp³-hybridized carbons (Fsp3) is 0.414. The first-order valence-electron chi connectivity index (χ1n) is 12.1. The molecule has 0 spiro atoms. The average molecular weight is 522 g/mol. The molecule has 3 unspecified atom stereocenters. The summed E-state index contributed by atoms with van der Waals surface area (Å²) in [6, 6.07) is 11.5. The highest BCUT2D eigenvalue weighted by Gasteiger charge is 2.43. The summed E-state index contributed by atoms with van der Waals surface area (Å²) in [5.74, 6) is -1.13. The predicted molar refractivity (Wildman–Crippen MR) is 140 cm³/mol. The summed E-state index contributed by atoms with van der Waals surface area (Å²) in [4.78, 5) is 31.6. The van der Waals surface area contributed by atoms with Gasteiger partial charge in [-0.3, -0.25) is 9.59 Å². The lowest BCUT2D eigenvalue weighted by molar-refractivity contribution is 0.0886. The maximum absolute atomic E-state index is 13.6. The molecule has 0 radical (unpaired) electrons. The van der Waals surface area contributed by atoms with E-state index in [1.807, 2.05) is 30.3 Å². The first-order valence-corrected chi connectivity index (χ1v) is 12.9. The molecule has 4 nitrogen and oxygen atoms in total. The van der Waals surface area contributed by atoms with Gasteiger partial charge in [-0.05, 0) is 68.9 Å². The number of hydrogen-bond donors (Lipinski definition) is 1. The summed E-state index contributed by atoms with van der Waals surface area (Å²) in [5, 5.41) is 11.8. The van der Waals surface area contributed by atoms with Crippen LogP contribution in [0.4, 0.5) is 0 Å². The molecule has 34 heavy (non-hydrogen) atoms. The van der Waals surface area contributed by atoms with Crippen molar-refractivity contribution < 1.29 is 14.7 Å². The van der Waals surface area contributed by atoms with Crippen LogP contribution in [0.3, 0.4) is 0 Å². The Bertz CT molecular complexity index is 1310. The van der Waals surface area contributed by atoms with Crippen molar-refractivity contribution in [1.82, 2.24) is 4.98 Å². The number of carbonyl (C=O) groups excluding carboxylic acids is 2. The Morgan fingerprint density at radius 3 is 2.32 bits per heavy atom. The topological polar surface area (TPSA) is 67.3 Å². The van der Waals surface area contributed by atoms with Gasteiger partial charge in [0.2, 0.25) is 0 Å². The standard InChI is InChI=1S/C29H32BrNO3/c1-7-16(5)29(6,8-2)18-10-11-19-20(14-18)27(33)23(26(19)32)25-28(34)24(30)21-13-17(15(3)4)9-12-22(21)31-25/h9-16,23,34H,7-8H2,1-6H3. The van der Waals surface area contributed by atoms with Gasteiger partial charge in [0.05, 0.1) is 9.99 Å². The molecule has 1 aliphatic carbocycles. The molecule has 0 saturated heterocycles. The summed E-state index contributed by atoms with van der Waals surface area (Å²) in [6.07, 6.45) is 1.96. The van der Waals surface area contributed by atoms with Gasteiger partial charge < -0.3 is 5.11 Å². The number of benzene rings is 2. The Morgan fingerprint density at radius 1 is 1.03 bits per heavy atom. The van der Waals surface area contributed by atoms with E-state index in [1.54, 1.807) is 6.07 Å². The fourth-order valence-corrected chi connectivity index (χ4v) is 5.62. The van der Waals surface area contributed by atoms with Crippen molar-refractivity contribution in [3.05, 3.63) is 68.8 Å². The first kappa shape index (κ1) is 24.6. The van der Waals surface area contributed by atoms with Gasteiger partial charge in [-0.25, -0.2) is 4.98 Å². The van der Waals surface area contributed by atoms with Crippen LogP contribution in [0.2, 0.25) is 0 Å². The lowest BCUT2D eigenvalue weighted by atomic mass is 9.69. The third-order valence-electron chi connectivity index (χ3n) is 8.06. The van der Waals surface area contributed by atoms with Crippen LogP contribution in [0.25, 0.3) is 10.9 Å². The van der Waals surface area contributed by atoms with E-state index in [2.05, 4.69) is 62.5 Å². The van der Waals surface area contributed by atoms with E-state index >= 15 is 0 Å². The molecule has 1 aromatic heterocycles. The van der Waals surface area contributed by atoms with Crippen molar-refractivity contribution >= 4 is 38.4 Å². The molecular formula is C29H32BrNO3. The molecular weight excluding hydrogens is 490 g/mol. The molecule has 178 valence electrons. The molecule has 0 bridgehead atoms. The Balaban J connectivity index is 1.82. The SMILES string of the molecule is CCC(C)C(C)(CC)c1ccc2c(c1)C(=O)C(c1nc3ccc(C(C)C)cc3c(Br)c1O)C2=O. The van der Waals surface area contributed by atoms with Gasteiger partial charge >= 0.3 is 0 Å². The Kier molecular flexibility index (Phi) is 6.45. The van der Waals surface area contributed by atoms with Gasteiger partial charge in [0, 0.05) is 16.5 Å². The quantitative estimate of drug-likeness (QED) is 0.337. The lowest BCUT2D eigenvalue weighted by Gasteiger charge is -2.35. The summed E-state index contributed by atoms with van der Waals surface area (Å²) < 4.78 is 0.461. The number of fused-ring (bicyclic) bond motifs is 2. The Labute approximate surface area is 209 Å². The predicted octanol–water partition coefficient (Wildman–Crippen LogP) is 7.70. The van der Waals surface area contributed by atoms with E-state index < -0.39 is 5.92 Å². The zero-order chi connectivity index (χ0) is 24.9. The van der Waals surface area contributed by atoms with Crippen molar-refractivity contribution in [2.75, 3.05) is 0 Å². The second-order valence-corrected chi connectivity index (χ2v) is 10.9. The van der Waals surface area contributed by atoms with Crippen LogP contribution in [0.15, 0.2) is 40.9 Å². The minimum atomic E-state index is -1.13. The third-order valence-corrected chi connectivity index (χ3v) is 8.86. The highest BCUT2D eigenvalue weighted by molar-refractivity contribution is 9.10. The van der Waals surface area contributed by atoms with Crippen LogP contribution in [0.5, 0.6) is 5.75 Å². The van der Waals surface area contributed by atoms with E-state index in [9.17, 15) is 14.7 Å².